The topological polar surface area (TPSA) is 53.6 Å². The first-order valence-corrected chi connectivity index (χ1v) is 5.86. The predicted molar refractivity (Wildman–Crippen MR) is 73.1 cm³/mol. The van der Waals surface area contributed by atoms with Crippen molar-refractivity contribution in [1.82, 2.24) is 15.0 Å². The van der Waals surface area contributed by atoms with Crippen LogP contribution in [0.25, 0.3) is 11.0 Å². The average Bonchev–Trinajstić information content (AvgIpc) is 2.73. The number of benzene rings is 1. The van der Waals surface area contributed by atoms with Crippen molar-refractivity contribution in [3.05, 3.63) is 47.9 Å². The molecule has 3 aromatic rings. The van der Waals surface area contributed by atoms with E-state index in [0.717, 1.165) is 28.2 Å². The van der Waals surface area contributed by atoms with Gasteiger partial charge in [-0.2, -0.15) is 0 Å². The van der Waals surface area contributed by atoms with Gasteiger partial charge in [-0.05, 0) is 32.0 Å². The molecule has 4 nitrogen and oxygen atoms in total. The molecule has 2 heterocycles. The normalized spacial score (nSPS) is 10.8. The molecule has 0 atom stereocenters. The van der Waals surface area contributed by atoms with Gasteiger partial charge in [0.25, 0.3) is 0 Å². The molecule has 1 aromatic carbocycles. The third kappa shape index (κ3) is 1.93. The van der Waals surface area contributed by atoms with Crippen molar-refractivity contribution in [3.63, 3.8) is 0 Å². The molecule has 0 bridgehead atoms. The summed E-state index contributed by atoms with van der Waals surface area (Å²) in [5, 5.41) is 4.33. The second-order valence-electron chi connectivity index (χ2n) is 4.43. The Labute approximate surface area is 105 Å². The van der Waals surface area contributed by atoms with Crippen LogP contribution in [0.2, 0.25) is 0 Å². The van der Waals surface area contributed by atoms with Gasteiger partial charge in [0.1, 0.15) is 17.8 Å². The van der Waals surface area contributed by atoms with Crippen molar-refractivity contribution in [2.75, 3.05) is 5.32 Å². The van der Waals surface area contributed by atoms with Gasteiger partial charge in [-0.25, -0.2) is 9.97 Å². The van der Waals surface area contributed by atoms with E-state index in [4.69, 9.17) is 0 Å². The smallest absolute Gasteiger partial charge is 0.143 e. The van der Waals surface area contributed by atoms with Gasteiger partial charge >= 0.3 is 0 Å². The highest BCUT2D eigenvalue weighted by Crippen LogP contribution is 2.23. The average molecular weight is 238 g/mol. The molecule has 90 valence electrons. The number of rotatable bonds is 2. The zero-order chi connectivity index (χ0) is 12.5. The van der Waals surface area contributed by atoms with Gasteiger partial charge in [0, 0.05) is 11.4 Å². The van der Waals surface area contributed by atoms with Crippen LogP contribution in [0.5, 0.6) is 0 Å². The maximum Gasteiger partial charge on any atom is 0.143 e. The van der Waals surface area contributed by atoms with Gasteiger partial charge in [-0.15, -0.1) is 0 Å². The molecule has 0 saturated heterocycles. The number of hydrogen-bond donors (Lipinski definition) is 2. The lowest BCUT2D eigenvalue weighted by Gasteiger charge is -2.06. The van der Waals surface area contributed by atoms with Crippen molar-refractivity contribution in [1.29, 1.82) is 0 Å². The fourth-order valence-corrected chi connectivity index (χ4v) is 1.94. The Morgan fingerprint density at radius 2 is 1.83 bits per heavy atom. The molecule has 0 radical (unpaired) electrons. The monoisotopic (exact) mass is 238 g/mol. The van der Waals surface area contributed by atoms with E-state index in [1.807, 2.05) is 25.1 Å². The summed E-state index contributed by atoms with van der Waals surface area (Å²) in [5.74, 6) is 0.827. The number of fused-ring (bicyclic) bond motifs is 1. The molecule has 0 aliphatic rings. The van der Waals surface area contributed by atoms with Gasteiger partial charge in [0.15, 0.2) is 0 Å². The van der Waals surface area contributed by atoms with E-state index in [0.29, 0.717) is 0 Å². The highest BCUT2D eigenvalue weighted by Gasteiger charge is 2.06. The molecule has 0 amide bonds. The fraction of sp³-hybridized carbons (Fsp3) is 0.143. The molecule has 0 aliphatic heterocycles. The Hall–Kier alpha value is -2.36. The molecular weight excluding hydrogens is 224 g/mol. The van der Waals surface area contributed by atoms with E-state index in [2.05, 4.69) is 39.3 Å². The number of H-pyrrole nitrogens is 1. The quantitative estimate of drug-likeness (QED) is 0.720. The Kier molecular flexibility index (Phi) is 2.48. The molecule has 18 heavy (non-hydrogen) atoms. The van der Waals surface area contributed by atoms with Crippen molar-refractivity contribution >= 4 is 22.5 Å². The van der Waals surface area contributed by atoms with E-state index >= 15 is 0 Å². The summed E-state index contributed by atoms with van der Waals surface area (Å²) in [7, 11) is 0. The molecule has 2 N–H and O–H groups in total. The van der Waals surface area contributed by atoms with Gasteiger partial charge in [-0.3, -0.25) is 0 Å². The van der Waals surface area contributed by atoms with Crippen molar-refractivity contribution < 1.29 is 0 Å². The number of nitrogens with one attached hydrogen (secondary N) is 2. The summed E-state index contributed by atoms with van der Waals surface area (Å²) < 4.78 is 0. The van der Waals surface area contributed by atoms with Crippen LogP contribution < -0.4 is 5.32 Å². The van der Waals surface area contributed by atoms with E-state index in [1.165, 1.54) is 5.56 Å². The summed E-state index contributed by atoms with van der Waals surface area (Å²) in [6.07, 6.45) is 1.56. The predicted octanol–water partition coefficient (Wildman–Crippen LogP) is 3.32. The molecule has 0 fully saturated rings. The number of anilines is 2. The van der Waals surface area contributed by atoms with Crippen LogP contribution in [-0.2, 0) is 0 Å². The highest BCUT2D eigenvalue weighted by atomic mass is 15.0. The molecule has 2 aromatic heterocycles. The van der Waals surface area contributed by atoms with E-state index < -0.39 is 0 Å². The molecule has 0 spiro atoms. The lowest BCUT2D eigenvalue weighted by Crippen LogP contribution is -1.94. The first-order valence-electron chi connectivity index (χ1n) is 5.86. The van der Waals surface area contributed by atoms with E-state index in [9.17, 15) is 0 Å². The minimum atomic E-state index is 0.827. The van der Waals surface area contributed by atoms with E-state index in [-0.39, 0.29) is 0 Å². The molecule has 0 saturated carbocycles. The maximum absolute atomic E-state index is 4.30. The number of aromatic amines is 1. The maximum atomic E-state index is 4.30. The van der Waals surface area contributed by atoms with Crippen molar-refractivity contribution in [2.45, 2.75) is 13.8 Å². The van der Waals surface area contributed by atoms with Crippen molar-refractivity contribution in [2.24, 2.45) is 0 Å². The van der Waals surface area contributed by atoms with Gasteiger partial charge in [0.05, 0.1) is 5.39 Å². The molecule has 4 heteroatoms. The van der Waals surface area contributed by atoms with E-state index in [1.54, 1.807) is 6.33 Å². The summed E-state index contributed by atoms with van der Waals surface area (Å²) in [6.45, 7) is 4.08. The zero-order valence-electron chi connectivity index (χ0n) is 10.4. The highest BCUT2D eigenvalue weighted by molar-refractivity contribution is 5.89. The van der Waals surface area contributed by atoms with Gasteiger partial charge in [-0.1, -0.05) is 17.7 Å². The standard InChI is InChI=1S/C14H14N4/c1-9-3-5-11(6-4-9)18-14-12-7-10(2)17-13(12)15-8-16-14/h3-8H,1-2H3,(H2,15,16,17,18). The lowest BCUT2D eigenvalue weighted by atomic mass is 10.2. The Morgan fingerprint density at radius 1 is 1.06 bits per heavy atom. The van der Waals surface area contributed by atoms with Crippen LogP contribution in [-0.4, -0.2) is 15.0 Å². The third-order valence-corrected chi connectivity index (χ3v) is 2.87. The van der Waals surface area contributed by atoms with Crippen LogP contribution in [0, 0.1) is 13.8 Å². The second kappa shape index (κ2) is 4.14. The molecular formula is C14H14N4. The van der Waals surface area contributed by atoms with Crippen LogP contribution in [0.4, 0.5) is 11.5 Å². The minimum Gasteiger partial charge on any atom is -0.343 e. The second-order valence-corrected chi connectivity index (χ2v) is 4.43. The Bertz CT molecular complexity index is 683. The lowest BCUT2D eigenvalue weighted by molar-refractivity contribution is 1.18. The largest absolute Gasteiger partial charge is 0.343 e. The summed E-state index contributed by atoms with van der Waals surface area (Å²) >= 11 is 0. The molecule has 0 aliphatic carbocycles. The van der Waals surface area contributed by atoms with Crippen LogP contribution >= 0.6 is 0 Å². The first-order chi connectivity index (χ1) is 8.72. The SMILES string of the molecule is Cc1ccc(Nc2ncnc3[nH]c(C)cc23)cc1. The summed E-state index contributed by atoms with van der Waals surface area (Å²) in [4.78, 5) is 11.7. The number of aryl methyl sites for hydroxylation is 2. The number of hydrogen-bond acceptors (Lipinski definition) is 3. The summed E-state index contributed by atoms with van der Waals surface area (Å²) in [5.41, 5.74) is 4.21. The van der Waals surface area contributed by atoms with Crippen LogP contribution in [0.1, 0.15) is 11.3 Å². The van der Waals surface area contributed by atoms with Crippen LogP contribution in [0.15, 0.2) is 36.7 Å². The van der Waals surface area contributed by atoms with Gasteiger partial charge < -0.3 is 10.3 Å². The number of aromatic nitrogens is 3. The Morgan fingerprint density at radius 3 is 2.61 bits per heavy atom. The number of nitrogens with zero attached hydrogens (tertiary/aromatic N) is 2. The fourth-order valence-electron chi connectivity index (χ4n) is 1.94. The van der Waals surface area contributed by atoms with Crippen LogP contribution in [0.3, 0.4) is 0 Å². The van der Waals surface area contributed by atoms with Gasteiger partial charge in [0.2, 0.25) is 0 Å². The minimum absolute atomic E-state index is 0.827. The molecule has 3 rings (SSSR count). The third-order valence-electron chi connectivity index (χ3n) is 2.87. The Balaban J connectivity index is 2.01. The van der Waals surface area contributed by atoms with Crippen molar-refractivity contribution in [3.8, 4) is 0 Å². The molecule has 0 unspecified atom stereocenters. The summed E-state index contributed by atoms with van der Waals surface area (Å²) in [6, 6.07) is 10.3. The first kappa shape index (κ1) is 10.8. The zero-order valence-corrected chi connectivity index (χ0v) is 10.4.